The maximum atomic E-state index is 6.82. The lowest BCUT2D eigenvalue weighted by molar-refractivity contribution is -0.328. The van der Waals surface area contributed by atoms with Crippen molar-refractivity contribution in [3.8, 4) is 17.2 Å². The lowest BCUT2D eigenvalue weighted by atomic mass is 9.97. The highest BCUT2D eigenvalue weighted by Gasteiger charge is 2.49. The molecule has 0 amide bonds. The summed E-state index contributed by atoms with van der Waals surface area (Å²) in [5.41, 5.74) is 3.97. The molecule has 4 aromatic carbocycles. The van der Waals surface area contributed by atoms with Gasteiger partial charge in [0, 0.05) is 6.61 Å². The van der Waals surface area contributed by atoms with Crippen molar-refractivity contribution in [2.24, 2.45) is 0 Å². The zero-order chi connectivity index (χ0) is 35.7. The first-order valence-electron chi connectivity index (χ1n) is 17.7. The van der Waals surface area contributed by atoms with E-state index in [4.69, 9.17) is 42.6 Å². The fraction of sp³-hybridized carbons (Fsp3) is 0.429. The summed E-state index contributed by atoms with van der Waals surface area (Å²) in [6.45, 7) is 4.30. The highest BCUT2D eigenvalue weighted by Crippen LogP contribution is 2.39. The van der Waals surface area contributed by atoms with Gasteiger partial charge in [-0.3, -0.25) is 0 Å². The Morgan fingerprint density at radius 3 is 1.57 bits per heavy atom. The van der Waals surface area contributed by atoms with Crippen LogP contribution in [0, 0.1) is 0 Å². The number of hydrogen-bond donors (Lipinski definition) is 0. The number of ether oxygens (including phenoxy) is 9. The van der Waals surface area contributed by atoms with Crippen LogP contribution in [0.25, 0.3) is 0 Å². The van der Waals surface area contributed by atoms with E-state index in [2.05, 4.69) is 6.92 Å². The summed E-state index contributed by atoms with van der Waals surface area (Å²) in [5, 5.41) is 0. The summed E-state index contributed by atoms with van der Waals surface area (Å²) in [6, 6.07) is 34.0. The van der Waals surface area contributed by atoms with Gasteiger partial charge in [0.05, 0.1) is 54.4 Å². The van der Waals surface area contributed by atoms with Crippen LogP contribution in [-0.2, 0) is 54.8 Å². The molecule has 4 aromatic rings. The highest BCUT2D eigenvalue weighted by molar-refractivity contribution is 5.53. The van der Waals surface area contributed by atoms with Crippen molar-refractivity contribution >= 4 is 0 Å². The molecule has 274 valence electrons. The third-order valence-corrected chi connectivity index (χ3v) is 8.75. The minimum Gasteiger partial charge on any atom is -0.493 e. The van der Waals surface area contributed by atoms with Crippen LogP contribution in [0.5, 0.6) is 17.2 Å². The molecule has 1 aliphatic heterocycles. The summed E-state index contributed by atoms with van der Waals surface area (Å²) in [6.07, 6.45) is -0.0122. The van der Waals surface area contributed by atoms with Crippen molar-refractivity contribution in [1.82, 2.24) is 0 Å². The standard InChI is InChI=1S/C42H52O9/c1-5-6-16-23-47-42-41(50-29-34-24-35(43-2)38(45-4)36(25-34)44-3)40(49-28-33-21-14-9-15-22-33)39(48-27-32-19-12-8-13-20-32)37(51-42)30-46-26-31-17-10-7-11-18-31/h7-15,17-22,24-25,37,39-42H,5-6,16,23,26-30H2,1-4H3/t37-,39-,40+,41+,42+/m1/s1. The van der Waals surface area contributed by atoms with Crippen LogP contribution in [0.15, 0.2) is 103 Å². The molecule has 5 atom stereocenters. The van der Waals surface area contributed by atoms with Gasteiger partial charge in [0.15, 0.2) is 17.8 Å². The van der Waals surface area contributed by atoms with Crippen molar-refractivity contribution in [1.29, 1.82) is 0 Å². The predicted molar refractivity (Wildman–Crippen MR) is 195 cm³/mol. The van der Waals surface area contributed by atoms with Crippen LogP contribution in [-0.4, -0.2) is 65.2 Å². The Kier molecular flexibility index (Phi) is 15.6. The van der Waals surface area contributed by atoms with Gasteiger partial charge in [0.1, 0.15) is 24.4 Å². The third-order valence-electron chi connectivity index (χ3n) is 8.75. The topological polar surface area (TPSA) is 83.1 Å². The predicted octanol–water partition coefficient (Wildman–Crippen LogP) is 7.92. The first-order chi connectivity index (χ1) is 25.1. The Labute approximate surface area is 302 Å². The molecule has 1 fully saturated rings. The smallest absolute Gasteiger partial charge is 0.203 e. The van der Waals surface area contributed by atoms with Crippen LogP contribution in [0.2, 0.25) is 0 Å². The normalized spacial score (nSPS) is 20.2. The number of methoxy groups -OCH3 is 3. The highest BCUT2D eigenvalue weighted by atomic mass is 16.7. The van der Waals surface area contributed by atoms with E-state index in [0.717, 1.165) is 41.5 Å². The summed E-state index contributed by atoms with van der Waals surface area (Å²) in [5.74, 6) is 1.59. The van der Waals surface area contributed by atoms with Gasteiger partial charge in [-0.2, -0.15) is 0 Å². The van der Waals surface area contributed by atoms with Crippen molar-refractivity contribution in [3.63, 3.8) is 0 Å². The SMILES string of the molecule is CCCCCO[C@H]1O[C@H](COCc2ccccc2)[C@@H](OCc2ccccc2)[C@H](OCc2ccccc2)[C@@H]1OCc1cc(OC)c(OC)c(OC)c1. The number of hydrogen-bond acceptors (Lipinski definition) is 9. The van der Waals surface area contributed by atoms with E-state index in [-0.39, 0.29) is 13.2 Å². The van der Waals surface area contributed by atoms with E-state index in [1.165, 1.54) is 0 Å². The number of unbranched alkanes of at least 4 members (excludes halogenated alkanes) is 2. The molecular weight excluding hydrogens is 648 g/mol. The Bertz CT molecular complexity index is 1510. The summed E-state index contributed by atoms with van der Waals surface area (Å²) in [4.78, 5) is 0. The lowest BCUT2D eigenvalue weighted by Crippen LogP contribution is -2.61. The third kappa shape index (κ3) is 11.3. The van der Waals surface area contributed by atoms with E-state index in [9.17, 15) is 0 Å². The summed E-state index contributed by atoms with van der Waals surface area (Å²) < 4.78 is 56.7. The number of rotatable bonds is 21. The fourth-order valence-corrected chi connectivity index (χ4v) is 6.08. The Morgan fingerprint density at radius 1 is 0.529 bits per heavy atom. The van der Waals surface area contributed by atoms with E-state index >= 15 is 0 Å². The van der Waals surface area contributed by atoms with Crippen LogP contribution in [0.3, 0.4) is 0 Å². The molecule has 0 unspecified atom stereocenters. The number of benzene rings is 4. The van der Waals surface area contributed by atoms with Crippen molar-refractivity contribution in [3.05, 3.63) is 125 Å². The molecule has 0 radical (unpaired) electrons. The van der Waals surface area contributed by atoms with E-state index in [1.807, 2.05) is 103 Å². The van der Waals surface area contributed by atoms with Crippen LogP contribution < -0.4 is 14.2 Å². The molecule has 1 aliphatic rings. The van der Waals surface area contributed by atoms with Gasteiger partial charge in [-0.25, -0.2) is 0 Å². The van der Waals surface area contributed by atoms with Gasteiger partial charge in [0.2, 0.25) is 5.75 Å². The van der Waals surface area contributed by atoms with Crippen molar-refractivity contribution < 1.29 is 42.6 Å². The van der Waals surface area contributed by atoms with E-state index in [0.29, 0.717) is 43.7 Å². The van der Waals surface area contributed by atoms with Gasteiger partial charge >= 0.3 is 0 Å². The van der Waals surface area contributed by atoms with Gasteiger partial charge in [-0.1, -0.05) is 111 Å². The average Bonchev–Trinajstić information content (AvgIpc) is 3.18. The Morgan fingerprint density at radius 2 is 1.04 bits per heavy atom. The van der Waals surface area contributed by atoms with Gasteiger partial charge in [-0.05, 0) is 40.8 Å². The largest absolute Gasteiger partial charge is 0.493 e. The van der Waals surface area contributed by atoms with Gasteiger partial charge in [-0.15, -0.1) is 0 Å². The van der Waals surface area contributed by atoms with Crippen LogP contribution >= 0.6 is 0 Å². The first-order valence-corrected chi connectivity index (χ1v) is 17.7. The molecule has 0 N–H and O–H groups in total. The second kappa shape index (κ2) is 20.8. The van der Waals surface area contributed by atoms with Crippen LogP contribution in [0.4, 0.5) is 0 Å². The minimum atomic E-state index is -0.744. The molecule has 1 saturated heterocycles. The minimum absolute atomic E-state index is 0.200. The molecule has 51 heavy (non-hydrogen) atoms. The maximum Gasteiger partial charge on any atom is 0.203 e. The quantitative estimate of drug-likeness (QED) is 0.0806. The molecule has 0 aromatic heterocycles. The molecule has 0 saturated carbocycles. The van der Waals surface area contributed by atoms with Gasteiger partial charge < -0.3 is 42.6 Å². The van der Waals surface area contributed by atoms with Gasteiger partial charge in [0.25, 0.3) is 0 Å². The fourth-order valence-electron chi connectivity index (χ4n) is 6.08. The van der Waals surface area contributed by atoms with E-state index < -0.39 is 30.7 Å². The summed E-state index contributed by atoms with van der Waals surface area (Å²) >= 11 is 0. The lowest BCUT2D eigenvalue weighted by Gasteiger charge is -2.46. The molecular formula is C42H52O9. The molecule has 0 spiro atoms. The molecule has 0 bridgehead atoms. The van der Waals surface area contributed by atoms with Crippen LogP contribution in [0.1, 0.15) is 48.4 Å². The second-order valence-electron chi connectivity index (χ2n) is 12.5. The molecule has 5 rings (SSSR count). The maximum absolute atomic E-state index is 6.82. The zero-order valence-corrected chi connectivity index (χ0v) is 30.2. The zero-order valence-electron chi connectivity index (χ0n) is 30.2. The van der Waals surface area contributed by atoms with Crippen molar-refractivity contribution in [2.75, 3.05) is 34.5 Å². The summed E-state index contributed by atoms with van der Waals surface area (Å²) in [7, 11) is 4.78. The second-order valence-corrected chi connectivity index (χ2v) is 12.5. The Balaban J connectivity index is 1.46. The van der Waals surface area contributed by atoms with Crippen molar-refractivity contribution in [2.45, 2.75) is 83.3 Å². The first kappa shape index (κ1) is 38.3. The molecule has 9 heteroatoms. The van der Waals surface area contributed by atoms with E-state index in [1.54, 1.807) is 21.3 Å². The molecule has 9 nitrogen and oxygen atoms in total. The molecule has 0 aliphatic carbocycles. The molecule has 1 heterocycles. The average molecular weight is 701 g/mol. The monoisotopic (exact) mass is 700 g/mol. The Hall–Kier alpha value is -3.96.